The van der Waals surface area contributed by atoms with Crippen LogP contribution < -0.4 is 4.74 Å². The van der Waals surface area contributed by atoms with Crippen LogP contribution in [0.4, 0.5) is 22.0 Å². The summed E-state index contributed by atoms with van der Waals surface area (Å²) in [5.74, 6) is -0.125. The maximum absolute atomic E-state index is 12.7. The van der Waals surface area contributed by atoms with E-state index >= 15 is 0 Å². The van der Waals surface area contributed by atoms with Gasteiger partial charge in [0.05, 0.1) is 12.3 Å². The summed E-state index contributed by atoms with van der Waals surface area (Å²) in [6, 6.07) is 0. The van der Waals surface area contributed by atoms with Crippen LogP contribution in [0.3, 0.4) is 0 Å². The summed E-state index contributed by atoms with van der Waals surface area (Å²) in [6.07, 6.45) is -7.72. The smallest absolute Gasteiger partial charge is 0.433 e. The molecule has 1 atom stereocenters. The van der Waals surface area contributed by atoms with Crippen LogP contribution in [0, 0.1) is 0 Å². The second-order valence-corrected chi connectivity index (χ2v) is 4.12. The molecule has 1 aliphatic carbocycles. The zero-order valence-corrected chi connectivity index (χ0v) is 9.55. The van der Waals surface area contributed by atoms with Crippen LogP contribution in [0.2, 0.25) is 0 Å². The van der Waals surface area contributed by atoms with Gasteiger partial charge in [-0.3, -0.25) is 0 Å². The largest absolute Gasteiger partial charge is 0.486 e. The third kappa shape index (κ3) is 2.78. The number of nitrogens with zero attached hydrogens (tertiary/aromatic N) is 1. The number of hydrogen-bond donors (Lipinski definition) is 1. The Balaban J connectivity index is 2.41. The first kappa shape index (κ1) is 14.0. The van der Waals surface area contributed by atoms with Crippen LogP contribution in [0.1, 0.15) is 29.3 Å². The van der Waals surface area contributed by atoms with E-state index in [1.807, 2.05) is 0 Å². The average Bonchev–Trinajstić information content (AvgIpc) is 2.67. The Labute approximate surface area is 105 Å². The summed E-state index contributed by atoms with van der Waals surface area (Å²) in [4.78, 5) is 3.20. The van der Waals surface area contributed by atoms with Crippen LogP contribution in [0.25, 0.3) is 0 Å². The first-order valence-corrected chi connectivity index (χ1v) is 5.48. The molecule has 0 amide bonds. The van der Waals surface area contributed by atoms with Gasteiger partial charge >= 0.3 is 6.18 Å². The lowest BCUT2D eigenvalue weighted by atomic mass is 10.1. The number of pyridine rings is 1. The molecule has 0 radical (unpaired) electrons. The molecule has 3 nitrogen and oxygen atoms in total. The van der Waals surface area contributed by atoms with Gasteiger partial charge in [0.15, 0.2) is 5.69 Å². The van der Waals surface area contributed by atoms with Gasteiger partial charge in [0, 0.05) is 11.1 Å². The molecule has 0 unspecified atom stereocenters. The van der Waals surface area contributed by atoms with Gasteiger partial charge in [-0.05, 0) is 12.8 Å². The zero-order valence-electron chi connectivity index (χ0n) is 9.55. The Bertz CT molecular complexity index is 475. The molecular weight excluding hydrogens is 273 g/mol. The monoisotopic (exact) mass is 283 g/mol. The van der Waals surface area contributed by atoms with Gasteiger partial charge in [0.2, 0.25) is 0 Å². The topological polar surface area (TPSA) is 42.4 Å². The van der Waals surface area contributed by atoms with Crippen molar-refractivity contribution in [2.75, 3.05) is 6.61 Å². The van der Waals surface area contributed by atoms with E-state index in [1.165, 1.54) is 0 Å². The first-order chi connectivity index (χ1) is 8.80. The van der Waals surface area contributed by atoms with Gasteiger partial charge in [-0.25, -0.2) is 13.8 Å². The van der Waals surface area contributed by atoms with E-state index < -0.39 is 31.0 Å². The van der Waals surface area contributed by atoms with Crippen molar-refractivity contribution in [2.24, 2.45) is 0 Å². The number of ether oxygens (including phenoxy) is 1. The van der Waals surface area contributed by atoms with Crippen molar-refractivity contribution in [1.82, 2.24) is 4.98 Å². The molecule has 19 heavy (non-hydrogen) atoms. The van der Waals surface area contributed by atoms with Crippen molar-refractivity contribution in [1.29, 1.82) is 0 Å². The Hall–Kier alpha value is -1.44. The van der Waals surface area contributed by atoms with Crippen LogP contribution in [0.5, 0.6) is 5.75 Å². The zero-order chi connectivity index (χ0) is 14.2. The molecule has 1 heterocycles. The highest BCUT2D eigenvalue weighted by molar-refractivity contribution is 5.46. The second-order valence-electron chi connectivity index (χ2n) is 4.12. The lowest BCUT2D eigenvalue weighted by Gasteiger charge is -2.16. The summed E-state index contributed by atoms with van der Waals surface area (Å²) in [5.41, 5.74) is -1.44. The van der Waals surface area contributed by atoms with Gasteiger partial charge in [-0.2, -0.15) is 13.2 Å². The molecule has 1 aromatic heterocycles. The normalized spacial score (nSPS) is 18.8. The second kappa shape index (κ2) is 4.92. The van der Waals surface area contributed by atoms with E-state index in [4.69, 9.17) is 4.74 Å². The third-order valence-corrected chi connectivity index (χ3v) is 2.82. The molecule has 0 bridgehead atoms. The Morgan fingerprint density at radius 2 is 2.11 bits per heavy atom. The van der Waals surface area contributed by atoms with Crippen molar-refractivity contribution >= 4 is 0 Å². The SMILES string of the molecule is O[C@@H]1CCc2c(OCC(F)F)cnc(C(F)(F)F)c21. The minimum Gasteiger partial charge on any atom is -0.486 e. The predicted molar refractivity (Wildman–Crippen MR) is 54.0 cm³/mol. The number of halogens is 5. The molecule has 1 N–H and O–H groups in total. The summed E-state index contributed by atoms with van der Waals surface area (Å²) in [6.45, 7) is -0.921. The van der Waals surface area contributed by atoms with Crippen molar-refractivity contribution in [2.45, 2.75) is 31.5 Å². The lowest BCUT2D eigenvalue weighted by Crippen LogP contribution is -2.15. The van der Waals surface area contributed by atoms with Gasteiger partial charge in [-0.15, -0.1) is 0 Å². The van der Waals surface area contributed by atoms with Crippen LogP contribution >= 0.6 is 0 Å². The van der Waals surface area contributed by atoms with E-state index in [0.717, 1.165) is 6.20 Å². The molecule has 2 rings (SSSR count). The molecule has 0 fully saturated rings. The van der Waals surface area contributed by atoms with E-state index in [9.17, 15) is 27.1 Å². The number of fused-ring (bicyclic) bond motifs is 1. The van der Waals surface area contributed by atoms with Crippen molar-refractivity contribution in [3.05, 3.63) is 23.0 Å². The summed E-state index contributed by atoms with van der Waals surface area (Å²) in [5, 5.41) is 9.58. The molecule has 0 aromatic carbocycles. The minimum absolute atomic E-state index is 0.0924. The van der Waals surface area contributed by atoms with E-state index in [2.05, 4.69) is 4.98 Å². The number of hydrogen-bond acceptors (Lipinski definition) is 3. The minimum atomic E-state index is -4.70. The first-order valence-electron chi connectivity index (χ1n) is 5.48. The highest BCUT2D eigenvalue weighted by Gasteiger charge is 2.41. The molecular formula is C11H10F5NO2. The van der Waals surface area contributed by atoms with Gasteiger partial charge in [0.1, 0.15) is 12.4 Å². The van der Waals surface area contributed by atoms with Crippen molar-refractivity contribution in [3.8, 4) is 5.75 Å². The van der Waals surface area contributed by atoms with Gasteiger partial charge in [-0.1, -0.05) is 0 Å². The number of alkyl halides is 5. The standard InChI is InChI=1S/C11H10F5NO2/c12-8(13)4-19-7-3-17-10(11(14,15)16)9-5(7)1-2-6(9)18/h3,6,8,18H,1-2,4H2/t6-/m1/s1. The molecule has 0 saturated heterocycles. The number of rotatable bonds is 3. The molecule has 0 spiro atoms. The fourth-order valence-corrected chi connectivity index (χ4v) is 2.09. The molecule has 106 valence electrons. The molecule has 1 aliphatic rings. The van der Waals surface area contributed by atoms with Crippen molar-refractivity contribution in [3.63, 3.8) is 0 Å². The third-order valence-electron chi connectivity index (χ3n) is 2.82. The lowest BCUT2D eigenvalue weighted by molar-refractivity contribution is -0.142. The molecule has 0 aliphatic heterocycles. The van der Waals surface area contributed by atoms with Crippen LogP contribution in [-0.2, 0) is 12.6 Å². The number of aromatic nitrogens is 1. The number of aliphatic hydroxyl groups is 1. The van der Waals surface area contributed by atoms with Crippen molar-refractivity contribution < 1.29 is 31.8 Å². The molecule has 8 heteroatoms. The van der Waals surface area contributed by atoms with Gasteiger partial charge in [0.25, 0.3) is 6.43 Å². The highest BCUT2D eigenvalue weighted by Crippen LogP contribution is 2.43. The van der Waals surface area contributed by atoms with Crippen LogP contribution in [0.15, 0.2) is 6.20 Å². The van der Waals surface area contributed by atoms with E-state index in [1.54, 1.807) is 0 Å². The highest BCUT2D eigenvalue weighted by atomic mass is 19.4. The van der Waals surface area contributed by atoms with E-state index in [0.29, 0.717) is 0 Å². The molecule has 1 aromatic rings. The fourth-order valence-electron chi connectivity index (χ4n) is 2.09. The summed E-state index contributed by atoms with van der Waals surface area (Å²) in [7, 11) is 0. The summed E-state index contributed by atoms with van der Waals surface area (Å²) >= 11 is 0. The van der Waals surface area contributed by atoms with Gasteiger partial charge < -0.3 is 9.84 Å². The fraction of sp³-hybridized carbons (Fsp3) is 0.545. The Morgan fingerprint density at radius 3 is 2.68 bits per heavy atom. The summed E-state index contributed by atoms with van der Waals surface area (Å²) < 4.78 is 67.0. The Morgan fingerprint density at radius 1 is 1.42 bits per heavy atom. The number of aliphatic hydroxyl groups excluding tert-OH is 1. The maximum atomic E-state index is 12.7. The van der Waals surface area contributed by atoms with Crippen LogP contribution in [-0.4, -0.2) is 23.1 Å². The predicted octanol–water partition coefficient (Wildman–Crippen LogP) is 2.72. The quantitative estimate of drug-likeness (QED) is 0.867. The molecule has 0 saturated carbocycles. The Kier molecular flexibility index (Phi) is 3.62. The maximum Gasteiger partial charge on any atom is 0.433 e. The van der Waals surface area contributed by atoms with E-state index in [-0.39, 0.29) is 29.7 Å². The average molecular weight is 283 g/mol.